The number of carbonyl (C=O) groups is 3. The van der Waals surface area contributed by atoms with Gasteiger partial charge in [0.15, 0.2) is 0 Å². The highest BCUT2D eigenvalue weighted by Gasteiger charge is 2.78. The fourth-order valence-corrected chi connectivity index (χ4v) is 6.00. The summed E-state index contributed by atoms with van der Waals surface area (Å²) < 4.78 is 11.8. The summed E-state index contributed by atoms with van der Waals surface area (Å²) in [5.41, 5.74) is -1.98. The Morgan fingerprint density at radius 3 is 2.69 bits per heavy atom. The molecule has 1 N–H and O–H groups in total. The summed E-state index contributed by atoms with van der Waals surface area (Å²) in [5.74, 6) is -2.68. The number of aliphatic hydroxyl groups is 1. The molecule has 0 aromatic rings. The van der Waals surface area contributed by atoms with Crippen molar-refractivity contribution in [3.63, 3.8) is 0 Å². The van der Waals surface area contributed by atoms with Gasteiger partial charge in [-0.2, -0.15) is 0 Å². The third kappa shape index (κ3) is 3.67. The first kappa shape index (κ1) is 24.5. The molecule has 0 aromatic carbocycles. The van der Waals surface area contributed by atoms with Crippen molar-refractivity contribution >= 4 is 17.8 Å². The van der Waals surface area contributed by atoms with Gasteiger partial charge in [0.25, 0.3) is 0 Å². The summed E-state index contributed by atoms with van der Waals surface area (Å²) in [6, 6.07) is -0.944. The first-order valence-electron chi connectivity index (χ1n) is 11.5. The summed E-state index contributed by atoms with van der Waals surface area (Å²) in [5, 5.41) is 9.67. The number of likely N-dealkylation sites (tertiary alicyclic amines) is 1. The standard InChI is InChI=1S/C24H36N2O6/c1-6-9-16(4)25(12-7-2)21(29)19-24-11-10-23(5,32-24)18(22(30)31-15-8-3)17(24)20(28)26(19)13-14-27/h7-8,16-19,27H,2-3,6,9-15H2,1,4-5H3/t16?,17-,18+,19?,23-,24?/m0/s1. The SMILES string of the molecule is C=CCOC(=O)[C@H]1[C@H]2C(=O)N(CCO)C(C(=O)N(CC=C)C(C)CCC)C23CC[C@]1(C)O3. The molecule has 3 unspecified atom stereocenters. The van der Waals surface area contributed by atoms with Crippen molar-refractivity contribution in [2.45, 2.75) is 69.7 Å². The lowest BCUT2D eigenvalue weighted by Crippen LogP contribution is -2.58. The summed E-state index contributed by atoms with van der Waals surface area (Å²) in [7, 11) is 0. The number of fused-ring (bicyclic) bond motifs is 1. The predicted molar refractivity (Wildman–Crippen MR) is 118 cm³/mol. The lowest BCUT2D eigenvalue weighted by molar-refractivity contribution is -0.160. The Bertz CT molecular complexity index is 784. The van der Waals surface area contributed by atoms with Gasteiger partial charge in [0.2, 0.25) is 11.8 Å². The van der Waals surface area contributed by atoms with Gasteiger partial charge >= 0.3 is 5.97 Å². The maximum Gasteiger partial charge on any atom is 0.313 e. The number of hydrogen-bond acceptors (Lipinski definition) is 6. The van der Waals surface area contributed by atoms with Crippen molar-refractivity contribution in [3.05, 3.63) is 25.3 Å². The zero-order chi connectivity index (χ0) is 23.7. The van der Waals surface area contributed by atoms with Crippen LogP contribution >= 0.6 is 0 Å². The van der Waals surface area contributed by atoms with Crippen molar-refractivity contribution in [2.24, 2.45) is 11.8 Å². The summed E-state index contributed by atoms with van der Waals surface area (Å²) in [6.07, 6.45) is 5.92. The zero-order valence-electron chi connectivity index (χ0n) is 19.4. The van der Waals surface area contributed by atoms with E-state index >= 15 is 0 Å². The fraction of sp³-hybridized carbons (Fsp3) is 0.708. The Morgan fingerprint density at radius 1 is 1.38 bits per heavy atom. The number of esters is 1. The number of hydrogen-bond donors (Lipinski definition) is 1. The summed E-state index contributed by atoms with van der Waals surface area (Å²) in [6.45, 7) is 13.3. The molecular weight excluding hydrogens is 412 g/mol. The van der Waals surface area contributed by atoms with Gasteiger partial charge in [-0.1, -0.05) is 32.1 Å². The molecule has 178 valence electrons. The maximum absolute atomic E-state index is 14.0. The van der Waals surface area contributed by atoms with Crippen LogP contribution in [0, 0.1) is 11.8 Å². The minimum absolute atomic E-state index is 0.00603. The molecule has 0 radical (unpaired) electrons. The van der Waals surface area contributed by atoms with Crippen molar-refractivity contribution in [1.29, 1.82) is 0 Å². The van der Waals surface area contributed by atoms with E-state index in [0.29, 0.717) is 19.4 Å². The number of nitrogens with zero attached hydrogens (tertiary/aromatic N) is 2. The second-order valence-electron chi connectivity index (χ2n) is 9.32. The number of rotatable bonds is 11. The maximum atomic E-state index is 14.0. The number of amides is 2. The third-order valence-electron chi connectivity index (χ3n) is 7.30. The van der Waals surface area contributed by atoms with Crippen molar-refractivity contribution in [2.75, 3.05) is 26.3 Å². The zero-order valence-corrected chi connectivity index (χ0v) is 19.4. The van der Waals surface area contributed by atoms with E-state index in [9.17, 15) is 19.5 Å². The molecule has 2 bridgehead atoms. The number of ether oxygens (including phenoxy) is 2. The van der Waals surface area contributed by atoms with Gasteiger partial charge in [-0.3, -0.25) is 14.4 Å². The van der Waals surface area contributed by atoms with E-state index in [2.05, 4.69) is 20.1 Å². The summed E-state index contributed by atoms with van der Waals surface area (Å²) in [4.78, 5) is 43.7. The van der Waals surface area contributed by atoms with Crippen molar-refractivity contribution in [3.8, 4) is 0 Å². The molecule has 6 atom stereocenters. The Kier molecular flexibility index (Phi) is 7.15. The van der Waals surface area contributed by atoms with E-state index in [-0.39, 0.29) is 37.6 Å². The van der Waals surface area contributed by atoms with Crippen molar-refractivity contribution in [1.82, 2.24) is 9.80 Å². The Balaban J connectivity index is 2.04. The molecule has 0 aliphatic carbocycles. The minimum Gasteiger partial charge on any atom is -0.461 e. The highest BCUT2D eigenvalue weighted by Crippen LogP contribution is 2.63. The molecule has 8 nitrogen and oxygen atoms in total. The molecule has 3 heterocycles. The fourth-order valence-electron chi connectivity index (χ4n) is 6.00. The van der Waals surface area contributed by atoms with Gasteiger partial charge in [-0.15, -0.1) is 6.58 Å². The topological polar surface area (TPSA) is 96.4 Å². The van der Waals surface area contributed by atoms with E-state index in [0.717, 1.165) is 12.8 Å². The smallest absolute Gasteiger partial charge is 0.313 e. The molecule has 0 aromatic heterocycles. The largest absolute Gasteiger partial charge is 0.461 e. The quantitative estimate of drug-likeness (QED) is 0.382. The highest BCUT2D eigenvalue weighted by molar-refractivity contribution is 5.98. The van der Waals surface area contributed by atoms with Gasteiger partial charge in [0, 0.05) is 19.1 Å². The van der Waals surface area contributed by atoms with Crippen LogP contribution in [-0.2, 0) is 23.9 Å². The molecule has 3 saturated heterocycles. The van der Waals surface area contributed by atoms with E-state index in [4.69, 9.17) is 9.47 Å². The number of β-amino-alcohol motifs (C(OH)–C–C–N with tert-alkyl or cyclic N) is 1. The van der Waals surface area contributed by atoms with Gasteiger partial charge < -0.3 is 24.4 Å². The van der Waals surface area contributed by atoms with Gasteiger partial charge in [-0.25, -0.2) is 0 Å². The number of aliphatic hydroxyl groups excluding tert-OH is 1. The van der Waals surface area contributed by atoms with E-state index in [1.807, 2.05) is 13.8 Å². The molecule has 3 aliphatic rings. The van der Waals surface area contributed by atoms with E-state index < -0.39 is 35.0 Å². The second kappa shape index (κ2) is 9.35. The highest BCUT2D eigenvalue weighted by atomic mass is 16.6. The number of carbonyl (C=O) groups excluding carboxylic acids is 3. The van der Waals surface area contributed by atoms with Crippen LogP contribution in [0.2, 0.25) is 0 Å². The van der Waals surface area contributed by atoms with Crippen LogP contribution in [0.1, 0.15) is 46.5 Å². The molecule has 8 heteroatoms. The van der Waals surface area contributed by atoms with Gasteiger partial charge in [0.05, 0.1) is 18.1 Å². The molecule has 3 aliphatic heterocycles. The lowest BCUT2D eigenvalue weighted by atomic mass is 9.66. The molecule has 1 spiro atoms. The minimum atomic E-state index is -1.11. The Morgan fingerprint density at radius 2 is 2.09 bits per heavy atom. The van der Waals surface area contributed by atoms with E-state index in [1.54, 1.807) is 11.0 Å². The molecular formula is C24H36N2O6. The van der Waals surface area contributed by atoms with Crippen LogP contribution in [-0.4, -0.2) is 82.3 Å². The predicted octanol–water partition coefficient (Wildman–Crippen LogP) is 1.68. The molecule has 3 rings (SSSR count). The van der Waals surface area contributed by atoms with Crippen LogP contribution in [0.25, 0.3) is 0 Å². The van der Waals surface area contributed by atoms with Gasteiger partial charge in [-0.05, 0) is 33.1 Å². The first-order chi connectivity index (χ1) is 15.2. The second-order valence-corrected chi connectivity index (χ2v) is 9.32. The van der Waals surface area contributed by atoms with E-state index in [1.165, 1.54) is 11.0 Å². The van der Waals surface area contributed by atoms with Crippen LogP contribution in [0.15, 0.2) is 25.3 Å². The first-order valence-corrected chi connectivity index (χ1v) is 11.5. The Hall–Kier alpha value is -2.19. The monoisotopic (exact) mass is 448 g/mol. The van der Waals surface area contributed by atoms with Crippen LogP contribution in [0.5, 0.6) is 0 Å². The third-order valence-corrected chi connectivity index (χ3v) is 7.30. The molecule has 0 saturated carbocycles. The Labute approximate surface area is 190 Å². The normalized spacial score (nSPS) is 33.7. The average molecular weight is 449 g/mol. The van der Waals surface area contributed by atoms with Gasteiger partial charge in [0.1, 0.15) is 24.2 Å². The van der Waals surface area contributed by atoms with Crippen LogP contribution in [0.4, 0.5) is 0 Å². The summed E-state index contributed by atoms with van der Waals surface area (Å²) >= 11 is 0. The lowest BCUT2D eigenvalue weighted by Gasteiger charge is -2.38. The van der Waals surface area contributed by atoms with Crippen LogP contribution in [0.3, 0.4) is 0 Å². The van der Waals surface area contributed by atoms with Crippen molar-refractivity contribution < 1.29 is 29.0 Å². The molecule has 3 fully saturated rings. The van der Waals surface area contributed by atoms with Crippen LogP contribution < -0.4 is 0 Å². The molecule has 32 heavy (non-hydrogen) atoms. The molecule has 2 amide bonds. The average Bonchev–Trinajstić information content (AvgIpc) is 3.31.